The molecule has 0 bridgehead atoms. The van der Waals surface area contributed by atoms with Crippen LogP contribution in [0, 0.1) is 0 Å². The molecule has 2 aliphatic rings. The standard InChI is InChI=1S/C17H24N2O2/c1-4-18-16(17(2)8-5-9-21-17)12-6-7-14-13(10-12)11-15(20)19(14)3/h6-7,10,16,18H,4-5,8-9,11H2,1-3H3. The summed E-state index contributed by atoms with van der Waals surface area (Å²) in [7, 11) is 1.84. The number of nitrogens with zero attached hydrogens (tertiary/aromatic N) is 1. The van der Waals surface area contributed by atoms with Gasteiger partial charge < -0.3 is 15.0 Å². The summed E-state index contributed by atoms with van der Waals surface area (Å²) in [6.07, 6.45) is 2.70. The van der Waals surface area contributed by atoms with Crippen LogP contribution in [0.1, 0.15) is 43.9 Å². The van der Waals surface area contributed by atoms with Crippen LogP contribution >= 0.6 is 0 Å². The average molecular weight is 288 g/mol. The van der Waals surface area contributed by atoms with Crippen molar-refractivity contribution in [2.75, 3.05) is 25.1 Å². The van der Waals surface area contributed by atoms with Gasteiger partial charge in [-0.1, -0.05) is 19.1 Å². The van der Waals surface area contributed by atoms with Crippen LogP contribution in [0.15, 0.2) is 18.2 Å². The minimum absolute atomic E-state index is 0.154. The van der Waals surface area contributed by atoms with Crippen molar-refractivity contribution in [2.24, 2.45) is 0 Å². The number of carbonyl (C=O) groups is 1. The van der Waals surface area contributed by atoms with Gasteiger partial charge in [-0.3, -0.25) is 4.79 Å². The monoisotopic (exact) mass is 288 g/mol. The first-order valence-electron chi connectivity index (χ1n) is 7.82. The van der Waals surface area contributed by atoms with E-state index in [2.05, 4.69) is 37.4 Å². The number of likely N-dealkylation sites (N-methyl/N-ethyl adjacent to an activating group) is 2. The molecule has 4 nitrogen and oxygen atoms in total. The van der Waals surface area contributed by atoms with E-state index in [4.69, 9.17) is 4.74 Å². The summed E-state index contributed by atoms with van der Waals surface area (Å²) < 4.78 is 6.03. The molecular formula is C17H24N2O2. The van der Waals surface area contributed by atoms with Gasteiger partial charge in [0.05, 0.1) is 18.1 Å². The first-order chi connectivity index (χ1) is 10.0. The number of carbonyl (C=O) groups excluding carboxylic acids is 1. The zero-order chi connectivity index (χ0) is 15.0. The van der Waals surface area contributed by atoms with Gasteiger partial charge in [0, 0.05) is 19.3 Å². The fourth-order valence-electron chi connectivity index (χ4n) is 3.59. The van der Waals surface area contributed by atoms with E-state index >= 15 is 0 Å². The zero-order valence-corrected chi connectivity index (χ0v) is 13.1. The van der Waals surface area contributed by atoms with Crippen molar-refractivity contribution in [3.8, 4) is 0 Å². The SMILES string of the molecule is CCNC(c1ccc2c(c1)CC(=O)N2C)C1(C)CCCO1. The molecular weight excluding hydrogens is 264 g/mol. The predicted molar refractivity (Wildman–Crippen MR) is 83.6 cm³/mol. The smallest absolute Gasteiger partial charge is 0.231 e. The van der Waals surface area contributed by atoms with Crippen LogP contribution in [-0.2, 0) is 16.0 Å². The highest BCUT2D eigenvalue weighted by Gasteiger charge is 2.39. The average Bonchev–Trinajstić information content (AvgIpc) is 3.02. The van der Waals surface area contributed by atoms with Crippen LogP contribution in [-0.4, -0.2) is 31.7 Å². The van der Waals surface area contributed by atoms with Crippen LogP contribution in [0.3, 0.4) is 0 Å². The molecule has 0 aliphatic carbocycles. The molecule has 1 N–H and O–H groups in total. The Kier molecular flexibility index (Phi) is 3.76. The Morgan fingerprint density at radius 2 is 2.29 bits per heavy atom. The van der Waals surface area contributed by atoms with Crippen LogP contribution in [0.4, 0.5) is 5.69 Å². The van der Waals surface area contributed by atoms with Gasteiger partial charge in [0.1, 0.15) is 0 Å². The van der Waals surface area contributed by atoms with Crippen molar-refractivity contribution >= 4 is 11.6 Å². The summed E-state index contributed by atoms with van der Waals surface area (Å²) in [5, 5.41) is 3.57. The zero-order valence-electron chi connectivity index (χ0n) is 13.1. The van der Waals surface area contributed by atoms with E-state index in [1.54, 1.807) is 4.90 Å². The minimum atomic E-state index is -0.154. The summed E-state index contributed by atoms with van der Waals surface area (Å²) >= 11 is 0. The van der Waals surface area contributed by atoms with E-state index in [0.29, 0.717) is 6.42 Å². The first-order valence-corrected chi connectivity index (χ1v) is 7.82. The van der Waals surface area contributed by atoms with Gasteiger partial charge in [0.2, 0.25) is 5.91 Å². The molecule has 1 fully saturated rings. The van der Waals surface area contributed by atoms with Crippen LogP contribution in [0.5, 0.6) is 0 Å². The second-order valence-electron chi connectivity index (χ2n) is 6.27. The lowest BCUT2D eigenvalue weighted by molar-refractivity contribution is -0.117. The van der Waals surface area contributed by atoms with Crippen molar-refractivity contribution < 1.29 is 9.53 Å². The van der Waals surface area contributed by atoms with Gasteiger partial charge in [-0.25, -0.2) is 0 Å². The number of hydrogen-bond donors (Lipinski definition) is 1. The number of rotatable bonds is 4. The number of amides is 1. The van der Waals surface area contributed by atoms with Gasteiger partial charge in [-0.05, 0) is 43.5 Å². The lowest BCUT2D eigenvalue weighted by atomic mass is 9.86. The molecule has 114 valence electrons. The van der Waals surface area contributed by atoms with Crippen LogP contribution in [0.2, 0.25) is 0 Å². The Morgan fingerprint density at radius 3 is 2.95 bits per heavy atom. The van der Waals surface area contributed by atoms with Crippen molar-refractivity contribution in [1.29, 1.82) is 0 Å². The lowest BCUT2D eigenvalue weighted by Gasteiger charge is -2.34. The molecule has 2 heterocycles. The van der Waals surface area contributed by atoms with Crippen LogP contribution in [0.25, 0.3) is 0 Å². The fraction of sp³-hybridized carbons (Fsp3) is 0.588. The van der Waals surface area contributed by atoms with Gasteiger partial charge in [0.15, 0.2) is 0 Å². The first kappa shape index (κ1) is 14.5. The number of nitrogens with one attached hydrogen (secondary N) is 1. The summed E-state index contributed by atoms with van der Waals surface area (Å²) in [5.41, 5.74) is 3.24. The Morgan fingerprint density at radius 1 is 1.48 bits per heavy atom. The molecule has 1 aromatic carbocycles. The maximum Gasteiger partial charge on any atom is 0.231 e. The molecule has 1 amide bonds. The highest BCUT2D eigenvalue weighted by Crippen LogP contribution is 2.39. The third-order valence-corrected chi connectivity index (χ3v) is 4.78. The molecule has 0 radical (unpaired) electrons. The second-order valence-corrected chi connectivity index (χ2v) is 6.27. The third-order valence-electron chi connectivity index (χ3n) is 4.78. The highest BCUT2D eigenvalue weighted by molar-refractivity contribution is 6.00. The van der Waals surface area contributed by atoms with Gasteiger partial charge in [0.25, 0.3) is 0 Å². The summed E-state index contributed by atoms with van der Waals surface area (Å²) in [6.45, 7) is 6.05. The van der Waals surface area contributed by atoms with Gasteiger partial charge >= 0.3 is 0 Å². The Hall–Kier alpha value is -1.39. The van der Waals surface area contributed by atoms with E-state index in [-0.39, 0.29) is 17.6 Å². The Bertz CT molecular complexity index is 550. The van der Waals surface area contributed by atoms with Crippen molar-refractivity contribution in [2.45, 2.75) is 44.8 Å². The Balaban J connectivity index is 1.94. The summed E-state index contributed by atoms with van der Waals surface area (Å²) in [6, 6.07) is 6.56. The van der Waals surface area contributed by atoms with Crippen LogP contribution < -0.4 is 10.2 Å². The van der Waals surface area contributed by atoms with E-state index in [1.165, 1.54) is 5.56 Å². The Labute approximate surface area is 126 Å². The fourth-order valence-corrected chi connectivity index (χ4v) is 3.59. The molecule has 0 aromatic heterocycles. The highest BCUT2D eigenvalue weighted by atomic mass is 16.5. The minimum Gasteiger partial charge on any atom is -0.373 e. The van der Waals surface area contributed by atoms with Crippen molar-refractivity contribution in [3.05, 3.63) is 29.3 Å². The van der Waals surface area contributed by atoms with E-state index in [0.717, 1.165) is 37.2 Å². The molecule has 0 spiro atoms. The molecule has 2 atom stereocenters. The molecule has 2 aliphatic heterocycles. The number of anilines is 1. The summed E-state index contributed by atoms with van der Waals surface area (Å²) in [5.74, 6) is 0.172. The van der Waals surface area contributed by atoms with Gasteiger partial charge in [-0.2, -0.15) is 0 Å². The lowest BCUT2D eigenvalue weighted by Crippen LogP contribution is -2.41. The second kappa shape index (κ2) is 5.43. The maximum atomic E-state index is 11.8. The van der Waals surface area contributed by atoms with E-state index in [9.17, 15) is 4.79 Å². The predicted octanol–water partition coefficient (Wildman–Crippen LogP) is 2.43. The molecule has 1 aromatic rings. The van der Waals surface area contributed by atoms with E-state index in [1.807, 2.05) is 7.05 Å². The van der Waals surface area contributed by atoms with Crippen molar-refractivity contribution in [1.82, 2.24) is 5.32 Å². The maximum absolute atomic E-state index is 11.8. The quantitative estimate of drug-likeness (QED) is 0.925. The summed E-state index contributed by atoms with van der Waals surface area (Å²) in [4.78, 5) is 13.6. The molecule has 3 rings (SSSR count). The number of ether oxygens (including phenoxy) is 1. The molecule has 21 heavy (non-hydrogen) atoms. The van der Waals surface area contributed by atoms with Gasteiger partial charge in [-0.15, -0.1) is 0 Å². The third kappa shape index (κ3) is 2.47. The number of hydrogen-bond acceptors (Lipinski definition) is 3. The number of benzene rings is 1. The molecule has 0 saturated carbocycles. The van der Waals surface area contributed by atoms with E-state index < -0.39 is 0 Å². The number of fused-ring (bicyclic) bond motifs is 1. The topological polar surface area (TPSA) is 41.6 Å². The molecule has 4 heteroatoms. The molecule has 2 unspecified atom stereocenters. The normalized spacial score (nSPS) is 26.2. The largest absolute Gasteiger partial charge is 0.373 e. The van der Waals surface area contributed by atoms with Crippen molar-refractivity contribution in [3.63, 3.8) is 0 Å². The molecule has 1 saturated heterocycles.